The molecular weight excluding hydrogens is 193 g/mol. The Hall–Kier alpha value is -0.690. The van der Waals surface area contributed by atoms with Gasteiger partial charge in [0.2, 0.25) is 6.10 Å². The molecule has 0 aromatic rings. The number of hydrogen-bond acceptors (Lipinski definition) is 1. The summed E-state index contributed by atoms with van der Waals surface area (Å²) < 4.78 is 35.2. The number of aliphatic hydroxyl groups excluding tert-OH is 1. The van der Waals surface area contributed by atoms with Crippen LogP contribution in [0.25, 0.3) is 0 Å². The van der Waals surface area contributed by atoms with Crippen LogP contribution in [-0.2, 0) is 0 Å². The van der Waals surface area contributed by atoms with Crippen molar-refractivity contribution in [2.24, 2.45) is 0 Å². The van der Waals surface area contributed by atoms with E-state index in [1.165, 1.54) is 0 Å². The van der Waals surface area contributed by atoms with Crippen molar-refractivity contribution in [1.82, 2.24) is 0 Å². The predicted octanol–water partition coefficient (Wildman–Crippen LogP) is 2.88. The fourth-order valence-corrected chi connectivity index (χ4v) is 0.891. The van der Waals surface area contributed by atoms with Crippen molar-refractivity contribution in [3.05, 3.63) is 0 Å². The van der Waals surface area contributed by atoms with E-state index in [2.05, 4.69) is 12.8 Å². The molecule has 0 aromatic heterocycles. The van der Waals surface area contributed by atoms with Crippen molar-refractivity contribution in [3.8, 4) is 11.8 Å². The first kappa shape index (κ1) is 13.3. The van der Waals surface area contributed by atoms with Crippen LogP contribution in [0.5, 0.6) is 0 Å². The molecule has 0 radical (unpaired) electrons. The van der Waals surface area contributed by atoms with Crippen molar-refractivity contribution in [3.63, 3.8) is 0 Å². The molecule has 0 aliphatic rings. The molecule has 82 valence electrons. The molecule has 1 atom stereocenters. The van der Waals surface area contributed by atoms with E-state index >= 15 is 0 Å². The summed E-state index contributed by atoms with van der Waals surface area (Å²) in [5, 5.41) is 8.49. The van der Waals surface area contributed by atoms with Gasteiger partial charge in [0, 0.05) is 6.42 Å². The van der Waals surface area contributed by atoms with Crippen LogP contribution in [0, 0.1) is 11.8 Å². The molecule has 0 amide bonds. The molecular formula is C10H15F3O. The standard InChI is InChI=1S/C10H15F3O/c1-2-3-4-5-6-7-8-9(14)10(11,12)13/h9,14H,2-6H2,1H3. The fourth-order valence-electron chi connectivity index (χ4n) is 0.891. The first-order valence-corrected chi connectivity index (χ1v) is 4.71. The third kappa shape index (κ3) is 6.79. The lowest BCUT2D eigenvalue weighted by Crippen LogP contribution is -2.26. The molecule has 1 N–H and O–H groups in total. The molecule has 0 saturated carbocycles. The van der Waals surface area contributed by atoms with Gasteiger partial charge in [-0.05, 0) is 6.42 Å². The molecule has 0 saturated heterocycles. The van der Waals surface area contributed by atoms with E-state index < -0.39 is 12.3 Å². The van der Waals surface area contributed by atoms with Crippen LogP contribution < -0.4 is 0 Å². The Morgan fingerprint density at radius 3 is 2.36 bits per heavy atom. The van der Waals surface area contributed by atoms with Crippen LogP contribution in [0.15, 0.2) is 0 Å². The fraction of sp³-hybridized carbons (Fsp3) is 0.800. The SMILES string of the molecule is CCCCCCC#CC(O)C(F)(F)F. The predicted molar refractivity (Wildman–Crippen MR) is 48.6 cm³/mol. The minimum absolute atomic E-state index is 0.424. The van der Waals surface area contributed by atoms with Gasteiger partial charge in [-0.2, -0.15) is 13.2 Å². The normalized spacial score (nSPS) is 13.2. The topological polar surface area (TPSA) is 20.2 Å². The van der Waals surface area contributed by atoms with Crippen molar-refractivity contribution in [1.29, 1.82) is 0 Å². The lowest BCUT2D eigenvalue weighted by molar-refractivity contribution is -0.184. The zero-order valence-corrected chi connectivity index (χ0v) is 8.19. The van der Waals surface area contributed by atoms with Crippen LogP contribution in [0.2, 0.25) is 0 Å². The summed E-state index contributed by atoms with van der Waals surface area (Å²) >= 11 is 0. The molecule has 0 spiro atoms. The Labute approximate surface area is 82.3 Å². The maximum atomic E-state index is 11.7. The highest BCUT2D eigenvalue weighted by atomic mass is 19.4. The van der Waals surface area contributed by atoms with E-state index in [1.54, 1.807) is 5.92 Å². The number of halogens is 3. The van der Waals surface area contributed by atoms with Crippen LogP contribution in [-0.4, -0.2) is 17.4 Å². The number of unbranched alkanes of at least 4 members (excludes halogenated alkanes) is 4. The van der Waals surface area contributed by atoms with Crippen LogP contribution in [0.4, 0.5) is 13.2 Å². The van der Waals surface area contributed by atoms with E-state index in [1.807, 2.05) is 0 Å². The summed E-state index contributed by atoms with van der Waals surface area (Å²) in [6.45, 7) is 2.05. The average molecular weight is 208 g/mol. The molecule has 4 heteroatoms. The van der Waals surface area contributed by atoms with Crippen LogP contribution >= 0.6 is 0 Å². The molecule has 1 unspecified atom stereocenters. The van der Waals surface area contributed by atoms with E-state index in [0.717, 1.165) is 25.7 Å². The van der Waals surface area contributed by atoms with Gasteiger partial charge in [-0.15, -0.1) is 5.92 Å². The maximum absolute atomic E-state index is 11.7. The Balaban J connectivity index is 3.62. The Morgan fingerprint density at radius 2 is 1.86 bits per heavy atom. The summed E-state index contributed by atoms with van der Waals surface area (Å²) in [5.41, 5.74) is 0. The summed E-state index contributed by atoms with van der Waals surface area (Å²) in [6, 6.07) is 0. The van der Waals surface area contributed by atoms with Crippen molar-refractivity contribution in [2.75, 3.05) is 0 Å². The molecule has 1 nitrogen and oxygen atoms in total. The van der Waals surface area contributed by atoms with E-state index in [0.29, 0.717) is 6.42 Å². The first-order valence-electron chi connectivity index (χ1n) is 4.71. The molecule has 0 rings (SSSR count). The van der Waals surface area contributed by atoms with Crippen molar-refractivity contribution < 1.29 is 18.3 Å². The Kier molecular flexibility index (Phi) is 6.39. The molecule has 14 heavy (non-hydrogen) atoms. The highest BCUT2D eigenvalue weighted by molar-refractivity contribution is 5.06. The van der Waals surface area contributed by atoms with Crippen molar-refractivity contribution >= 4 is 0 Å². The molecule has 0 fully saturated rings. The van der Waals surface area contributed by atoms with Gasteiger partial charge >= 0.3 is 6.18 Å². The number of alkyl halides is 3. The monoisotopic (exact) mass is 208 g/mol. The maximum Gasteiger partial charge on any atom is 0.425 e. The molecule has 0 aliphatic heterocycles. The highest BCUT2D eigenvalue weighted by Gasteiger charge is 2.36. The van der Waals surface area contributed by atoms with Crippen LogP contribution in [0.3, 0.4) is 0 Å². The second-order valence-electron chi connectivity index (χ2n) is 3.08. The third-order valence-electron chi connectivity index (χ3n) is 1.70. The molecule has 0 heterocycles. The molecule has 0 aromatic carbocycles. The van der Waals surface area contributed by atoms with Gasteiger partial charge in [-0.1, -0.05) is 32.1 Å². The van der Waals surface area contributed by atoms with Gasteiger partial charge in [0.1, 0.15) is 0 Å². The summed E-state index contributed by atoms with van der Waals surface area (Å²) in [5.74, 6) is 4.11. The summed E-state index contributed by atoms with van der Waals surface area (Å²) in [4.78, 5) is 0. The van der Waals surface area contributed by atoms with Crippen LogP contribution in [0.1, 0.15) is 39.0 Å². The second kappa shape index (κ2) is 6.72. The number of rotatable bonds is 4. The molecule has 0 bridgehead atoms. The van der Waals surface area contributed by atoms with Gasteiger partial charge in [-0.25, -0.2) is 0 Å². The zero-order valence-electron chi connectivity index (χ0n) is 8.19. The van der Waals surface area contributed by atoms with Gasteiger partial charge in [0.25, 0.3) is 0 Å². The first-order chi connectivity index (χ1) is 6.48. The Morgan fingerprint density at radius 1 is 1.21 bits per heavy atom. The highest BCUT2D eigenvalue weighted by Crippen LogP contribution is 2.19. The number of hydrogen-bond donors (Lipinski definition) is 1. The largest absolute Gasteiger partial charge is 0.425 e. The second-order valence-corrected chi connectivity index (χ2v) is 3.08. The summed E-state index contributed by atoms with van der Waals surface area (Å²) in [7, 11) is 0. The Bertz CT molecular complexity index is 200. The third-order valence-corrected chi connectivity index (χ3v) is 1.70. The lowest BCUT2D eigenvalue weighted by Gasteiger charge is -2.06. The quantitative estimate of drug-likeness (QED) is 0.556. The van der Waals surface area contributed by atoms with Gasteiger partial charge < -0.3 is 5.11 Å². The zero-order chi connectivity index (χ0) is 11.0. The van der Waals surface area contributed by atoms with Crippen molar-refractivity contribution in [2.45, 2.75) is 51.3 Å². The minimum Gasteiger partial charge on any atom is -0.372 e. The minimum atomic E-state index is -4.61. The number of aliphatic hydroxyl groups is 1. The lowest BCUT2D eigenvalue weighted by atomic mass is 10.1. The van der Waals surface area contributed by atoms with Gasteiger partial charge in [-0.3, -0.25) is 0 Å². The van der Waals surface area contributed by atoms with Gasteiger partial charge in [0.15, 0.2) is 0 Å². The van der Waals surface area contributed by atoms with E-state index in [-0.39, 0.29) is 0 Å². The average Bonchev–Trinajstić information content (AvgIpc) is 2.09. The smallest absolute Gasteiger partial charge is 0.372 e. The van der Waals surface area contributed by atoms with E-state index in [9.17, 15) is 13.2 Å². The molecule has 0 aliphatic carbocycles. The van der Waals surface area contributed by atoms with E-state index in [4.69, 9.17) is 5.11 Å². The van der Waals surface area contributed by atoms with Gasteiger partial charge in [0.05, 0.1) is 0 Å². The summed E-state index contributed by atoms with van der Waals surface area (Å²) in [6.07, 6.45) is -2.75.